The van der Waals surface area contributed by atoms with Crippen molar-refractivity contribution in [3.63, 3.8) is 0 Å². The molecule has 0 aliphatic carbocycles. The molecule has 1 amide bonds. The zero-order valence-electron chi connectivity index (χ0n) is 3.09. The molecule has 0 atom stereocenters. The van der Waals surface area contributed by atoms with E-state index in [4.69, 9.17) is 0 Å². The minimum absolute atomic E-state index is 0. The molecule has 0 saturated carbocycles. The third-order valence-electron chi connectivity index (χ3n) is 0.156. The number of thiol groups is 1. The molecule has 0 aromatic heterocycles. The number of nitrogens with two attached hydrogens (primary N) is 1. The van der Waals surface area contributed by atoms with E-state index in [0.717, 1.165) is 0 Å². The maximum absolute atomic E-state index is 9.51. The molecule has 0 bridgehead atoms. The molecule has 0 aromatic rings. The number of hydrogen-bond acceptors (Lipinski definition) is 2. The second-order valence-electron chi connectivity index (χ2n) is 0.624. The van der Waals surface area contributed by atoms with Crippen LogP contribution in [0.2, 0.25) is 0 Å². The molecule has 0 unspecified atom stereocenters. The molecular formula is C2H5BiNOS. The average molecular weight is 300 g/mol. The van der Waals surface area contributed by atoms with E-state index < -0.39 is 0 Å². The molecule has 6 heavy (non-hydrogen) atoms. The number of rotatable bonds is 1. The van der Waals surface area contributed by atoms with E-state index in [1.54, 1.807) is 0 Å². The number of carbonyl (C=O) groups excluding carboxylic acids is 1. The zero-order valence-corrected chi connectivity index (χ0v) is 7.46. The standard InChI is InChI=1S/C2H5NOS.Bi/c3-2(4)1-5;/h5H,1H2,(H2,3,4);. The van der Waals surface area contributed by atoms with Crippen molar-refractivity contribution in [2.45, 2.75) is 0 Å². The van der Waals surface area contributed by atoms with Crippen LogP contribution in [-0.2, 0) is 4.79 Å². The molecule has 0 fully saturated rings. The van der Waals surface area contributed by atoms with E-state index in [1.165, 1.54) is 0 Å². The summed E-state index contributed by atoms with van der Waals surface area (Å²) in [6.07, 6.45) is 0. The van der Waals surface area contributed by atoms with Crippen molar-refractivity contribution in [3.05, 3.63) is 0 Å². The van der Waals surface area contributed by atoms with Crippen molar-refractivity contribution in [1.82, 2.24) is 0 Å². The Balaban J connectivity index is 0. The molecular weight excluding hydrogens is 295 g/mol. The van der Waals surface area contributed by atoms with Crippen LogP contribution in [0.1, 0.15) is 0 Å². The van der Waals surface area contributed by atoms with E-state index >= 15 is 0 Å². The Bertz CT molecular complexity index is 48.8. The van der Waals surface area contributed by atoms with Crippen molar-refractivity contribution >= 4 is 44.7 Å². The van der Waals surface area contributed by atoms with Crippen LogP contribution in [0.15, 0.2) is 0 Å². The molecule has 0 aromatic carbocycles. The van der Waals surface area contributed by atoms with Gasteiger partial charge < -0.3 is 5.73 Å². The van der Waals surface area contributed by atoms with Crippen molar-refractivity contribution in [2.75, 3.05) is 5.75 Å². The van der Waals surface area contributed by atoms with Crippen LogP contribution in [-0.4, -0.2) is 37.9 Å². The van der Waals surface area contributed by atoms with Gasteiger partial charge in [-0.25, -0.2) is 0 Å². The Morgan fingerprint density at radius 2 is 2.00 bits per heavy atom. The molecule has 0 heterocycles. The summed E-state index contributed by atoms with van der Waals surface area (Å²) in [6, 6.07) is 0. The van der Waals surface area contributed by atoms with Gasteiger partial charge in [0.05, 0.1) is 5.75 Å². The first kappa shape index (κ1) is 9.86. The number of primary amides is 1. The minimum Gasteiger partial charge on any atom is -0.369 e. The molecule has 2 N–H and O–H groups in total. The molecule has 2 nitrogen and oxygen atoms in total. The first-order valence-corrected chi connectivity index (χ1v) is 1.80. The fourth-order valence-corrected chi connectivity index (χ4v) is 0. The van der Waals surface area contributed by atoms with Gasteiger partial charge in [-0.2, -0.15) is 12.6 Å². The molecule has 0 rings (SSSR count). The van der Waals surface area contributed by atoms with Crippen molar-refractivity contribution in [1.29, 1.82) is 0 Å². The second kappa shape index (κ2) is 5.70. The summed E-state index contributed by atoms with van der Waals surface area (Å²) in [5, 5.41) is 0. The topological polar surface area (TPSA) is 43.1 Å². The molecule has 0 aliphatic heterocycles. The summed E-state index contributed by atoms with van der Waals surface area (Å²) in [4.78, 5) is 9.51. The second-order valence-corrected chi connectivity index (χ2v) is 0.941. The van der Waals surface area contributed by atoms with Gasteiger partial charge in [-0.1, -0.05) is 0 Å². The predicted molar refractivity (Wildman–Crippen MR) is 28.8 cm³/mol. The largest absolute Gasteiger partial charge is 0.369 e. The minimum atomic E-state index is -0.381. The van der Waals surface area contributed by atoms with Crippen LogP contribution in [0.5, 0.6) is 0 Å². The van der Waals surface area contributed by atoms with E-state index in [2.05, 4.69) is 18.4 Å². The normalized spacial score (nSPS) is 6.17. The van der Waals surface area contributed by atoms with Crippen LogP contribution in [0.3, 0.4) is 0 Å². The van der Waals surface area contributed by atoms with Crippen LogP contribution in [0.4, 0.5) is 0 Å². The van der Waals surface area contributed by atoms with Gasteiger partial charge in [0.15, 0.2) is 0 Å². The van der Waals surface area contributed by atoms with Crippen LogP contribution < -0.4 is 5.73 Å². The first-order valence-electron chi connectivity index (χ1n) is 1.16. The van der Waals surface area contributed by atoms with Gasteiger partial charge in [-0.15, -0.1) is 0 Å². The Morgan fingerprint density at radius 1 is 1.83 bits per heavy atom. The fourth-order valence-electron chi connectivity index (χ4n) is 0. The number of hydrogen-bond donors (Lipinski definition) is 2. The van der Waals surface area contributed by atoms with Crippen molar-refractivity contribution in [3.8, 4) is 0 Å². The molecule has 3 radical (unpaired) electrons. The van der Waals surface area contributed by atoms with Crippen LogP contribution in [0, 0.1) is 0 Å². The summed E-state index contributed by atoms with van der Waals surface area (Å²) >= 11 is 3.54. The molecule has 0 spiro atoms. The Kier molecular flexibility index (Phi) is 9.37. The molecule has 0 aliphatic rings. The summed E-state index contributed by atoms with van der Waals surface area (Å²) in [5.41, 5.74) is 4.58. The Morgan fingerprint density at radius 3 is 2.00 bits per heavy atom. The first-order chi connectivity index (χ1) is 2.27. The maximum atomic E-state index is 9.51. The van der Waals surface area contributed by atoms with Gasteiger partial charge >= 0.3 is 0 Å². The van der Waals surface area contributed by atoms with Gasteiger partial charge in [-0.05, 0) is 0 Å². The van der Waals surface area contributed by atoms with Gasteiger partial charge in [0.25, 0.3) is 0 Å². The quantitative estimate of drug-likeness (QED) is 0.474. The third-order valence-corrected chi connectivity index (χ3v) is 0.468. The number of amides is 1. The smallest absolute Gasteiger partial charge is 0.227 e. The van der Waals surface area contributed by atoms with Crippen LogP contribution >= 0.6 is 12.6 Å². The predicted octanol–water partition coefficient (Wildman–Crippen LogP) is -0.979. The monoisotopic (exact) mass is 300 g/mol. The maximum Gasteiger partial charge on any atom is 0.227 e. The summed E-state index contributed by atoms with van der Waals surface area (Å²) in [6.45, 7) is 0. The third kappa shape index (κ3) is 8.83. The van der Waals surface area contributed by atoms with E-state index in [0.29, 0.717) is 0 Å². The fraction of sp³-hybridized carbons (Fsp3) is 0.500. The van der Waals surface area contributed by atoms with Gasteiger partial charge in [-0.3, -0.25) is 4.79 Å². The van der Waals surface area contributed by atoms with Crippen molar-refractivity contribution < 1.29 is 4.79 Å². The van der Waals surface area contributed by atoms with Gasteiger partial charge in [0, 0.05) is 26.2 Å². The number of carbonyl (C=O) groups is 1. The molecule has 4 heteroatoms. The molecule has 0 saturated heterocycles. The average Bonchev–Trinajstić information content (AvgIpc) is 1.38. The summed E-state index contributed by atoms with van der Waals surface area (Å²) in [7, 11) is 0. The van der Waals surface area contributed by atoms with E-state index in [9.17, 15) is 4.79 Å². The van der Waals surface area contributed by atoms with Crippen LogP contribution in [0.25, 0.3) is 0 Å². The van der Waals surface area contributed by atoms with Gasteiger partial charge in [0.1, 0.15) is 0 Å². The summed E-state index contributed by atoms with van der Waals surface area (Å²) in [5.74, 6) is -0.242. The van der Waals surface area contributed by atoms with Gasteiger partial charge in [0.2, 0.25) is 5.91 Å². The van der Waals surface area contributed by atoms with E-state index in [-0.39, 0.29) is 37.9 Å². The van der Waals surface area contributed by atoms with Crippen molar-refractivity contribution in [2.24, 2.45) is 5.73 Å². The van der Waals surface area contributed by atoms with E-state index in [1.807, 2.05) is 0 Å². The Labute approximate surface area is 61.0 Å². The SMILES string of the molecule is NC(=O)CS.[Bi]. The zero-order chi connectivity index (χ0) is 4.28. The molecule has 35 valence electrons. The summed E-state index contributed by atoms with van der Waals surface area (Å²) < 4.78 is 0. The Hall–Kier alpha value is 0.703.